The van der Waals surface area contributed by atoms with Gasteiger partial charge in [-0.3, -0.25) is 0 Å². The fraction of sp³-hybridized carbons (Fsp3) is 0.0952. The molecule has 21 heavy (non-hydrogen) atoms. The van der Waals surface area contributed by atoms with E-state index in [1.807, 2.05) is 13.0 Å². The zero-order valence-electron chi connectivity index (χ0n) is 12.1. The molecule has 0 heterocycles. The van der Waals surface area contributed by atoms with E-state index >= 15 is 0 Å². The van der Waals surface area contributed by atoms with Crippen LogP contribution >= 0.6 is 0 Å². The SMILES string of the molecule is CC=C=c1ccc2c(c1C1=CC=CC1)C=c1ccccc1=2. The van der Waals surface area contributed by atoms with E-state index in [-0.39, 0.29) is 0 Å². The van der Waals surface area contributed by atoms with Gasteiger partial charge in [0.15, 0.2) is 0 Å². The predicted molar refractivity (Wildman–Crippen MR) is 88.8 cm³/mol. The summed E-state index contributed by atoms with van der Waals surface area (Å²) in [5.41, 5.74) is 7.47. The minimum Gasteiger partial charge on any atom is -0.117 e. The third kappa shape index (κ3) is 1.85. The van der Waals surface area contributed by atoms with Crippen LogP contribution in [0.3, 0.4) is 0 Å². The third-order valence-corrected chi connectivity index (χ3v) is 4.19. The van der Waals surface area contributed by atoms with Crippen molar-refractivity contribution >= 4 is 17.4 Å². The second kappa shape index (κ2) is 4.77. The summed E-state index contributed by atoms with van der Waals surface area (Å²) in [6, 6.07) is 13.1. The lowest BCUT2D eigenvalue weighted by molar-refractivity contribution is 1.37. The summed E-state index contributed by atoms with van der Waals surface area (Å²) in [6.07, 6.45) is 11.9. The Bertz CT molecular complexity index is 1040. The largest absolute Gasteiger partial charge is 0.117 e. The summed E-state index contributed by atoms with van der Waals surface area (Å²) < 4.78 is 0. The van der Waals surface area contributed by atoms with Crippen molar-refractivity contribution in [1.82, 2.24) is 0 Å². The van der Waals surface area contributed by atoms with Gasteiger partial charge in [0.2, 0.25) is 0 Å². The van der Waals surface area contributed by atoms with E-state index in [0.29, 0.717) is 0 Å². The number of benzene rings is 2. The Morgan fingerprint density at radius 2 is 1.95 bits per heavy atom. The fourth-order valence-electron chi connectivity index (χ4n) is 3.28. The average Bonchev–Trinajstić information content (AvgIpc) is 3.14. The molecule has 0 atom stereocenters. The molecule has 0 N–H and O–H groups in total. The Morgan fingerprint density at radius 3 is 2.76 bits per heavy atom. The smallest absolute Gasteiger partial charge is 0.0242 e. The molecule has 0 radical (unpaired) electrons. The fourth-order valence-corrected chi connectivity index (χ4v) is 3.28. The maximum absolute atomic E-state index is 3.40. The standard InChI is InChI=1S/C21H16/c1-2-7-15-12-13-19-18-11-6-5-10-17(18)14-20(19)21(15)16-8-3-4-9-16/h2-6,8,10-14H,9H2,1H3. The van der Waals surface area contributed by atoms with Crippen molar-refractivity contribution in [3.8, 4) is 0 Å². The lowest BCUT2D eigenvalue weighted by atomic mass is 9.96. The van der Waals surface area contributed by atoms with Crippen LogP contribution in [0, 0.1) is 10.4 Å². The molecule has 0 amide bonds. The molecule has 0 heteroatoms. The molecule has 0 aliphatic heterocycles. The second-order valence-electron chi connectivity index (χ2n) is 5.44. The summed E-state index contributed by atoms with van der Waals surface area (Å²) in [5, 5.41) is 5.19. The van der Waals surface area contributed by atoms with E-state index in [0.717, 1.165) is 6.42 Å². The summed E-state index contributed by atoms with van der Waals surface area (Å²) in [5.74, 6) is 0. The molecule has 0 saturated heterocycles. The highest BCUT2D eigenvalue weighted by Gasteiger charge is 2.13. The first-order chi connectivity index (χ1) is 10.4. The molecule has 0 unspecified atom stereocenters. The van der Waals surface area contributed by atoms with Crippen LogP contribution in [0.15, 0.2) is 60.7 Å². The van der Waals surface area contributed by atoms with Gasteiger partial charge in [-0.2, -0.15) is 0 Å². The van der Waals surface area contributed by atoms with E-state index in [1.54, 1.807) is 0 Å². The Morgan fingerprint density at radius 1 is 1.05 bits per heavy atom. The molecule has 2 aromatic carbocycles. The van der Waals surface area contributed by atoms with Crippen molar-refractivity contribution < 1.29 is 0 Å². The molecule has 0 fully saturated rings. The van der Waals surface area contributed by atoms with Crippen molar-refractivity contribution in [2.45, 2.75) is 13.3 Å². The molecular weight excluding hydrogens is 252 g/mol. The highest BCUT2D eigenvalue weighted by atomic mass is 14.2. The summed E-state index contributed by atoms with van der Waals surface area (Å²) in [7, 11) is 0. The van der Waals surface area contributed by atoms with Gasteiger partial charge in [-0.1, -0.05) is 48.6 Å². The van der Waals surface area contributed by atoms with E-state index in [9.17, 15) is 0 Å². The first-order valence-corrected chi connectivity index (χ1v) is 7.40. The molecule has 0 saturated carbocycles. The van der Waals surface area contributed by atoms with Gasteiger partial charge in [0.1, 0.15) is 0 Å². The highest BCUT2D eigenvalue weighted by Crippen LogP contribution is 2.26. The lowest BCUT2D eigenvalue weighted by Crippen LogP contribution is -2.09. The summed E-state index contributed by atoms with van der Waals surface area (Å²) in [4.78, 5) is 0. The minimum absolute atomic E-state index is 1.01. The number of hydrogen-bond donors (Lipinski definition) is 0. The molecular formula is C21H16. The first kappa shape index (κ1) is 12.2. The molecule has 0 bridgehead atoms. The monoisotopic (exact) mass is 268 g/mol. The maximum Gasteiger partial charge on any atom is 0.0242 e. The van der Waals surface area contributed by atoms with Crippen LogP contribution in [0.1, 0.15) is 24.5 Å². The van der Waals surface area contributed by atoms with Gasteiger partial charge in [-0.25, -0.2) is 0 Å². The molecule has 100 valence electrons. The third-order valence-electron chi connectivity index (χ3n) is 4.19. The Labute approximate surface area is 124 Å². The zero-order valence-corrected chi connectivity index (χ0v) is 12.1. The van der Waals surface area contributed by atoms with Gasteiger partial charge >= 0.3 is 0 Å². The number of fused-ring (bicyclic) bond motifs is 2. The summed E-state index contributed by atoms with van der Waals surface area (Å²) >= 11 is 0. The zero-order chi connectivity index (χ0) is 14.2. The predicted octanol–water partition coefficient (Wildman–Crippen LogP) is 3.41. The molecule has 2 aliphatic carbocycles. The topological polar surface area (TPSA) is 0 Å². The average molecular weight is 268 g/mol. The second-order valence-corrected chi connectivity index (χ2v) is 5.44. The van der Waals surface area contributed by atoms with E-state index in [1.165, 1.54) is 37.6 Å². The normalized spacial score (nSPS) is 14.0. The van der Waals surface area contributed by atoms with Crippen molar-refractivity contribution in [2.75, 3.05) is 0 Å². The number of allylic oxidation sites excluding steroid dienone is 5. The molecule has 0 spiro atoms. The number of hydrogen-bond acceptors (Lipinski definition) is 0. The Kier molecular flexibility index (Phi) is 2.77. The van der Waals surface area contributed by atoms with Gasteiger partial charge < -0.3 is 0 Å². The van der Waals surface area contributed by atoms with Gasteiger partial charge in [0.05, 0.1) is 0 Å². The number of rotatable bonds is 1. The van der Waals surface area contributed by atoms with Gasteiger partial charge in [0.25, 0.3) is 0 Å². The van der Waals surface area contributed by atoms with E-state index in [4.69, 9.17) is 0 Å². The lowest BCUT2D eigenvalue weighted by Gasteiger charge is -2.07. The molecule has 0 nitrogen and oxygen atoms in total. The molecule has 2 aliphatic rings. The van der Waals surface area contributed by atoms with Crippen molar-refractivity contribution in [3.63, 3.8) is 0 Å². The van der Waals surface area contributed by atoms with Crippen molar-refractivity contribution in [1.29, 1.82) is 0 Å². The molecule has 2 aromatic rings. The van der Waals surface area contributed by atoms with Crippen LogP contribution < -0.4 is 10.4 Å². The van der Waals surface area contributed by atoms with Gasteiger partial charge in [-0.05, 0) is 58.4 Å². The van der Waals surface area contributed by atoms with Crippen molar-refractivity contribution in [3.05, 3.63) is 92.7 Å². The van der Waals surface area contributed by atoms with E-state index in [2.05, 4.69) is 66.4 Å². The maximum atomic E-state index is 3.40. The van der Waals surface area contributed by atoms with Crippen LogP contribution in [0.2, 0.25) is 0 Å². The van der Waals surface area contributed by atoms with Gasteiger partial charge in [-0.15, -0.1) is 5.73 Å². The van der Waals surface area contributed by atoms with Crippen LogP contribution in [0.4, 0.5) is 0 Å². The molecule has 4 rings (SSSR count). The quantitative estimate of drug-likeness (QED) is 0.634. The van der Waals surface area contributed by atoms with Crippen LogP contribution in [-0.4, -0.2) is 0 Å². The first-order valence-electron chi connectivity index (χ1n) is 7.40. The van der Waals surface area contributed by atoms with Gasteiger partial charge in [0, 0.05) is 10.8 Å². The molecule has 0 aromatic heterocycles. The summed E-state index contributed by atoms with van der Waals surface area (Å²) in [6.45, 7) is 2.02. The Hall–Kier alpha value is -2.56. The van der Waals surface area contributed by atoms with Crippen LogP contribution in [0.5, 0.6) is 0 Å². The minimum atomic E-state index is 1.01. The van der Waals surface area contributed by atoms with E-state index < -0.39 is 0 Å². The van der Waals surface area contributed by atoms with Crippen LogP contribution in [-0.2, 0) is 0 Å². The van der Waals surface area contributed by atoms with Crippen molar-refractivity contribution in [2.24, 2.45) is 0 Å². The Balaban J connectivity index is 2.20. The highest BCUT2D eigenvalue weighted by molar-refractivity contribution is 5.79. The van der Waals surface area contributed by atoms with Crippen LogP contribution in [0.25, 0.3) is 17.4 Å².